The molecular formula is H2B3N. The summed E-state index contributed by atoms with van der Waals surface area (Å²) < 4.78 is 0. The van der Waals surface area contributed by atoms with Gasteiger partial charge in [-0.05, 0) is 0 Å². The zero-order valence-electron chi connectivity index (χ0n) is 2.31. The average Bonchev–Trinajstić information content (AvgIpc) is 0.811. The largest absolute Gasteiger partial charge is 0.385 e. The minimum Gasteiger partial charge on any atom is -0.385 e. The molecular weight excluding hydrogens is 46.4 g/mol. The maximum atomic E-state index is 4.67. The summed E-state index contributed by atoms with van der Waals surface area (Å²) in [4.78, 5) is 0. The Labute approximate surface area is 28.8 Å². The number of hydrogen-bond donors (Lipinski definition) is 1. The van der Waals surface area contributed by atoms with E-state index in [-0.39, 0.29) is 0 Å². The Balaban J connectivity index is 2.32. The van der Waals surface area contributed by atoms with Crippen molar-refractivity contribution in [3.8, 4) is 0 Å². The van der Waals surface area contributed by atoms with E-state index in [9.17, 15) is 0 Å². The Morgan fingerprint density at radius 2 is 1.50 bits per heavy atom. The van der Waals surface area contributed by atoms with E-state index < -0.39 is 6.63 Å². The zero-order chi connectivity index (χ0) is 3.58. The summed E-state index contributed by atoms with van der Waals surface area (Å²) in [6, 6.07) is 0. The maximum Gasteiger partial charge on any atom is 0.113 e. The topological polar surface area (TPSA) is 26.0 Å². The lowest BCUT2D eigenvalue weighted by Gasteiger charge is -1.74. The summed E-state index contributed by atoms with van der Waals surface area (Å²) in [6.45, 7) is -0.667. The molecule has 0 aromatic rings. The number of rotatable bonds is 0. The van der Waals surface area contributed by atoms with Gasteiger partial charge in [0.2, 0.25) is 0 Å². The van der Waals surface area contributed by atoms with E-state index >= 15 is 0 Å². The van der Waals surface area contributed by atoms with Crippen molar-refractivity contribution in [2.24, 2.45) is 5.64 Å². The Morgan fingerprint density at radius 1 is 1.50 bits per heavy atom. The smallest absolute Gasteiger partial charge is 0.113 e. The van der Waals surface area contributed by atoms with E-state index in [4.69, 9.17) is 0 Å². The van der Waals surface area contributed by atoms with Crippen molar-refractivity contribution in [1.82, 2.24) is 0 Å². The molecule has 0 unspecified atom stereocenters. The predicted octanol–water partition coefficient (Wildman–Crippen LogP) is -1.73. The van der Waals surface area contributed by atoms with Crippen molar-refractivity contribution in [2.75, 3.05) is 0 Å². The Kier molecular flexibility index (Phi) is 1.53. The van der Waals surface area contributed by atoms with Crippen LogP contribution in [-0.2, 0) is 0 Å². The molecule has 4 heavy (non-hydrogen) atoms. The molecule has 4 heteroatoms. The maximum absolute atomic E-state index is 4.67. The van der Waals surface area contributed by atoms with Crippen LogP contribution in [0.25, 0.3) is 0 Å². The molecule has 1 nitrogen and oxygen atoms in total. The highest BCUT2D eigenvalue weighted by Gasteiger charge is 1.75. The van der Waals surface area contributed by atoms with E-state index in [0.29, 0.717) is 0 Å². The van der Waals surface area contributed by atoms with Crippen molar-refractivity contribution in [2.45, 2.75) is 0 Å². The fourth-order valence-corrected chi connectivity index (χ4v) is 0. The molecule has 0 saturated heterocycles. The third kappa shape index (κ3) is 120. The molecule has 0 bridgehead atoms. The lowest BCUT2D eigenvalue weighted by molar-refractivity contribution is 1.96. The second-order valence-electron chi connectivity index (χ2n) is 0.577. The van der Waals surface area contributed by atoms with Crippen molar-refractivity contribution >= 4 is 22.1 Å². The van der Waals surface area contributed by atoms with E-state index in [0.717, 1.165) is 0 Å². The molecule has 0 amide bonds. The third-order valence-corrected chi connectivity index (χ3v) is 0. The molecule has 4 radical (unpaired) electrons. The molecule has 0 aliphatic heterocycles. The monoisotopic (exact) mass is 49.0 g/mol. The SMILES string of the molecule is [B]B([B])N. The van der Waals surface area contributed by atoms with Crippen LogP contribution >= 0.6 is 0 Å². The van der Waals surface area contributed by atoms with Crippen LogP contribution in [0.2, 0.25) is 0 Å². The van der Waals surface area contributed by atoms with E-state index in [1.807, 2.05) is 0 Å². The van der Waals surface area contributed by atoms with Gasteiger partial charge in [0, 0.05) is 15.5 Å². The molecule has 2 N–H and O–H groups in total. The zero-order valence-corrected chi connectivity index (χ0v) is 2.31. The van der Waals surface area contributed by atoms with E-state index in [2.05, 4.69) is 21.1 Å². The van der Waals surface area contributed by atoms with Crippen LogP contribution in [-0.4, -0.2) is 22.1 Å². The minimum absolute atomic E-state index is 0.667. The highest BCUT2D eigenvalue weighted by Crippen LogP contribution is 1.27. The molecule has 0 atom stereocenters. The summed E-state index contributed by atoms with van der Waals surface area (Å²) in [5.41, 5.74) is 4.67. The van der Waals surface area contributed by atoms with Gasteiger partial charge in [0.15, 0.2) is 0 Å². The Bertz CT molecular complexity index is 8.00. The predicted molar refractivity (Wildman–Crippen MR) is 21.4 cm³/mol. The van der Waals surface area contributed by atoms with Crippen LogP contribution in [0.4, 0.5) is 0 Å². The first-order valence-corrected chi connectivity index (χ1v) is 1.00. The van der Waals surface area contributed by atoms with Crippen LogP contribution in [0.15, 0.2) is 0 Å². The molecule has 0 aromatic carbocycles. The van der Waals surface area contributed by atoms with Crippen LogP contribution in [0.3, 0.4) is 0 Å². The van der Waals surface area contributed by atoms with Crippen molar-refractivity contribution in [3.63, 3.8) is 0 Å². The lowest BCUT2D eigenvalue weighted by atomic mass is 9.29. The summed E-state index contributed by atoms with van der Waals surface area (Å²) in [5, 5.41) is 0. The fraction of sp³-hybridized carbons (Fsp3) is 0. The van der Waals surface area contributed by atoms with Gasteiger partial charge in [-0.25, -0.2) is 0 Å². The first-order valence-electron chi connectivity index (χ1n) is 1.00. The van der Waals surface area contributed by atoms with Gasteiger partial charge in [-0.2, -0.15) is 0 Å². The Hall–Kier alpha value is 0.155. The molecule has 0 fully saturated rings. The highest BCUT2D eigenvalue weighted by atomic mass is 14.3. The summed E-state index contributed by atoms with van der Waals surface area (Å²) in [7, 11) is 9.33. The Morgan fingerprint density at radius 3 is 1.50 bits per heavy atom. The van der Waals surface area contributed by atoms with Gasteiger partial charge in [0.25, 0.3) is 0 Å². The molecule has 16 valence electrons. The first kappa shape index (κ1) is 4.15. The van der Waals surface area contributed by atoms with E-state index in [1.54, 1.807) is 0 Å². The van der Waals surface area contributed by atoms with Gasteiger partial charge < -0.3 is 5.64 Å². The van der Waals surface area contributed by atoms with Gasteiger partial charge >= 0.3 is 0 Å². The average molecular weight is 48.5 g/mol. The second-order valence-corrected chi connectivity index (χ2v) is 0.577. The van der Waals surface area contributed by atoms with Gasteiger partial charge in [-0.3, -0.25) is 0 Å². The molecule has 0 spiro atoms. The van der Waals surface area contributed by atoms with Crippen LogP contribution < -0.4 is 5.64 Å². The highest BCUT2D eigenvalue weighted by molar-refractivity contribution is 7.27. The number of hydrogen-bond acceptors (Lipinski definition) is 1. The van der Waals surface area contributed by atoms with Crippen molar-refractivity contribution in [3.05, 3.63) is 0 Å². The standard InChI is InChI=1S/B3H2N/c1-3(2)4/h4H2. The lowest BCUT2D eigenvalue weighted by Crippen LogP contribution is -2.25. The van der Waals surface area contributed by atoms with Crippen LogP contribution in [0.5, 0.6) is 0 Å². The molecule has 0 aliphatic rings. The quantitative estimate of drug-likeness (QED) is 0.323. The molecule has 0 saturated carbocycles. The normalized spacial score (nSPS) is 6.25. The first-order chi connectivity index (χ1) is 1.73. The molecule has 0 rings (SSSR count). The number of nitrogens with two attached hydrogens (primary N) is 1. The summed E-state index contributed by atoms with van der Waals surface area (Å²) >= 11 is 0. The molecule has 0 heterocycles. The molecule has 0 aromatic heterocycles. The second kappa shape index (κ2) is 1.47. The van der Waals surface area contributed by atoms with Crippen molar-refractivity contribution in [1.29, 1.82) is 0 Å². The van der Waals surface area contributed by atoms with Crippen molar-refractivity contribution < 1.29 is 0 Å². The van der Waals surface area contributed by atoms with Crippen LogP contribution in [0, 0.1) is 0 Å². The molecule has 0 aliphatic carbocycles. The van der Waals surface area contributed by atoms with Gasteiger partial charge in [-0.15, -0.1) is 0 Å². The van der Waals surface area contributed by atoms with E-state index in [1.165, 1.54) is 0 Å². The van der Waals surface area contributed by atoms with Crippen LogP contribution in [0.1, 0.15) is 0 Å². The summed E-state index contributed by atoms with van der Waals surface area (Å²) in [5.74, 6) is 0. The van der Waals surface area contributed by atoms with Gasteiger partial charge in [0.05, 0.1) is 0 Å². The summed E-state index contributed by atoms with van der Waals surface area (Å²) in [6.07, 6.45) is 0. The van der Waals surface area contributed by atoms with Gasteiger partial charge in [-0.1, -0.05) is 0 Å². The van der Waals surface area contributed by atoms with Gasteiger partial charge in [0.1, 0.15) is 6.63 Å². The minimum atomic E-state index is -0.667. The fourth-order valence-electron chi connectivity index (χ4n) is 0. The third-order valence-electron chi connectivity index (χ3n) is 0.